The molecule has 2 atom stereocenters. The van der Waals surface area contributed by atoms with Crippen molar-refractivity contribution < 1.29 is 33.7 Å². The molecule has 2 amide bonds. The van der Waals surface area contributed by atoms with Crippen LogP contribution in [0.2, 0.25) is 0 Å². The standard InChI is InChI=1S/C20H28N2O7/c1-7-12(21-19(26)29-20(2,3)4)17(23)22-13-8-9-15(27-5)16(28-6)11(13)10-14(22)18(24)25/h8-9,12,14H,7,10H2,1-6H3,(H,21,26)(H,24,25)/t12-,14+/m0/s1. The third-order valence-corrected chi connectivity index (χ3v) is 4.51. The summed E-state index contributed by atoms with van der Waals surface area (Å²) in [6.07, 6.45) is -0.403. The van der Waals surface area contributed by atoms with Crippen LogP contribution in [0.15, 0.2) is 12.1 Å². The van der Waals surface area contributed by atoms with E-state index in [1.54, 1.807) is 39.8 Å². The summed E-state index contributed by atoms with van der Waals surface area (Å²) in [5, 5.41) is 12.2. The lowest BCUT2D eigenvalue weighted by atomic mass is 10.1. The van der Waals surface area contributed by atoms with Gasteiger partial charge in [0, 0.05) is 12.0 Å². The van der Waals surface area contributed by atoms with Gasteiger partial charge in [-0.1, -0.05) is 6.92 Å². The third kappa shape index (κ3) is 4.72. The first-order valence-corrected chi connectivity index (χ1v) is 9.33. The van der Waals surface area contributed by atoms with Gasteiger partial charge in [-0.2, -0.15) is 0 Å². The highest BCUT2D eigenvalue weighted by Crippen LogP contribution is 2.44. The molecule has 2 rings (SSSR count). The molecule has 1 heterocycles. The molecule has 0 fully saturated rings. The van der Waals surface area contributed by atoms with Crippen LogP contribution in [-0.2, 0) is 20.7 Å². The summed E-state index contributed by atoms with van der Waals surface area (Å²) < 4.78 is 15.9. The number of carbonyl (C=O) groups excluding carboxylic acids is 2. The minimum Gasteiger partial charge on any atom is -0.493 e. The maximum absolute atomic E-state index is 13.2. The first-order chi connectivity index (χ1) is 13.5. The van der Waals surface area contributed by atoms with E-state index in [0.29, 0.717) is 22.7 Å². The predicted molar refractivity (Wildman–Crippen MR) is 106 cm³/mol. The second kappa shape index (κ2) is 8.59. The fraction of sp³-hybridized carbons (Fsp3) is 0.550. The topological polar surface area (TPSA) is 114 Å². The van der Waals surface area contributed by atoms with Crippen molar-refractivity contribution in [1.82, 2.24) is 5.32 Å². The molecule has 0 unspecified atom stereocenters. The van der Waals surface area contributed by atoms with Crippen LogP contribution in [0.25, 0.3) is 0 Å². The summed E-state index contributed by atoms with van der Waals surface area (Å²) in [5.41, 5.74) is 0.267. The van der Waals surface area contributed by atoms with Crippen molar-refractivity contribution in [3.05, 3.63) is 17.7 Å². The average molecular weight is 408 g/mol. The number of amides is 2. The summed E-state index contributed by atoms with van der Waals surface area (Å²) in [6.45, 7) is 6.87. The van der Waals surface area contributed by atoms with Crippen molar-refractivity contribution >= 4 is 23.7 Å². The number of alkyl carbamates (subject to hydrolysis) is 1. The number of hydrogen-bond donors (Lipinski definition) is 2. The quantitative estimate of drug-likeness (QED) is 0.742. The molecule has 0 saturated carbocycles. The normalized spacial score (nSPS) is 16.6. The van der Waals surface area contributed by atoms with Gasteiger partial charge >= 0.3 is 12.1 Å². The first kappa shape index (κ1) is 22.3. The van der Waals surface area contributed by atoms with Crippen LogP contribution in [0.1, 0.15) is 39.7 Å². The van der Waals surface area contributed by atoms with E-state index < -0.39 is 35.7 Å². The number of benzene rings is 1. The van der Waals surface area contributed by atoms with Gasteiger partial charge in [-0.15, -0.1) is 0 Å². The minimum atomic E-state index is -1.15. The Hall–Kier alpha value is -2.97. The van der Waals surface area contributed by atoms with E-state index in [4.69, 9.17) is 14.2 Å². The SMILES string of the molecule is CC[C@H](NC(=O)OC(C)(C)C)C(=O)N1c2ccc(OC)c(OC)c2C[C@@H]1C(=O)O. The molecular weight excluding hydrogens is 380 g/mol. The number of nitrogens with zero attached hydrogens (tertiary/aromatic N) is 1. The molecule has 0 aliphatic carbocycles. The minimum absolute atomic E-state index is 0.0691. The van der Waals surface area contributed by atoms with E-state index in [1.807, 2.05) is 0 Å². The molecule has 0 radical (unpaired) electrons. The van der Waals surface area contributed by atoms with Crippen LogP contribution in [0, 0.1) is 0 Å². The van der Waals surface area contributed by atoms with Crippen LogP contribution in [0.4, 0.5) is 10.5 Å². The molecule has 9 heteroatoms. The van der Waals surface area contributed by atoms with Crippen molar-refractivity contribution in [1.29, 1.82) is 0 Å². The van der Waals surface area contributed by atoms with E-state index in [-0.39, 0.29) is 12.8 Å². The number of nitrogens with one attached hydrogen (secondary N) is 1. The maximum Gasteiger partial charge on any atom is 0.408 e. The zero-order chi connectivity index (χ0) is 21.9. The Morgan fingerprint density at radius 3 is 2.38 bits per heavy atom. The highest BCUT2D eigenvalue weighted by Gasteiger charge is 2.43. The number of aliphatic carboxylic acids is 1. The van der Waals surface area contributed by atoms with Crippen LogP contribution in [0.3, 0.4) is 0 Å². The van der Waals surface area contributed by atoms with Crippen LogP contribution >= 0.6 is 0 Å². The molecule has 1 aromatic carbocycles. The van der Waals surface area contributed by atoms with Gasteiger partial charge in [-0.3, -0.25) is 9.69 Å². The van der Waals surface area contributed by atoms with Crippen molar-refractivity contribution in [3.63, 3.8) is 0 Å². The molecule has 0 aromatic heterocycles. The average Bonchev–Trinajstić information content (AvgIpc) is 3.03. The van der Waals surface area contributed by atoms with E-state index >= 15 is 0 Å². The molecule has 1 aliphatic heterocycles. The van der Waals surface area contributed by atoms with Gasteiger partial charge in [-0.25, -0.2) is 9.59 Å². The largest absolute Gasteiger partial charge is 0.493 e. The zero-order valence-electron chi connectivity index (χ0n) is 17.6. The number of carbonyl (C=O) groups is 3. The Morgan fingerprint density at radius 1 is 1.24 bits per heavy atom. The van der Waals surface area contributed by atoms with Crippen LogP contribution in [0.5, 0.6) is 11.5 Å². The molecule has 29 heavy (non-hydrogen) atoms. The number of carboxylic acid groups (broad SMARTS) is 1. The van der Waals surface area contributed by atoms with Crippen molar-refractivity contribution in [3.8, 4) is 11.5 Å². The van der Waals surface area contributed by atoms with Gasteiger partial charge in [0.2, 0.25) is 0 Å². The lowest BCUT2D eigenvalue weighted by Crippen LogP contribution is -2.53. The predicted octanol–water partition coefficient (Wildman–Crippen LogP) is 2.35. The van der Waals surface area contributed by atoms with Gasteiger partial charge in [0.1, 0.15) is 17.7 Å². The molecular formula is C20H28N2O7. The zero-order valence-corrected chi connectivity index (χ0v) is 17.6. The number of ether oxygens (including phenoxy) is 3. The maximum atomic E-state index is 13.2. The van der Waals surface area contributed by atoms with E-state index in [2.05, 4.69) is 5.32 Å². The molecule has 0 spiro atoms. The van der Waals surface area contributed by atoms with Crippen molar-refractivity contribution in [2.24, 2.45) is 0 Å². The monoisotopic (exact) mass is 408 g/mol. The molecule has 9 nitrogen and oxygen atoms in total. The third-order valence-electron chi connectivity index (χ3n) is 4.51. The summed E-state index contributed by atoms with van der Waals surface area (Å²) in [7, 11) is 2.94. The summed E-state index contributed by atoms with van der Waals surface area (Å²) in [5.74, 6) is -0.845. The Morgan fingerprint density at radius 2 is 1.90 bits per heavy atom. The van der Waals surface area contributed by atoms with Gasteiger partial charge < -0.3 is 24.6 Å². The number of rotatable bonds is 6. The summed E-state index contributed by atoms with van der Waals surface area (Å²) in [4.78, 5) is 38.4. The number of carboxylic acids is 1. The summed E-state index contributed by atoms with van der Waals surface area (Å²) in [6, 6.07) is 1.18. The van der Waals surface area contributed by atoms with Crippen molar-refractivity contribution in [2.75, 3.05) is 19.1 Å². The van der Waals surface area contributed by atoms with Gasteiger partial charge in [0.15, 0.2) is 11.5 Å². The molecule has 0 bridgehead atoms. The number of hydrogen-bond acceptors (Lipinski definition) is 6. The van der Waals surface area contributed by atoms with Crippen molar-refractivity contribution in [2.45, 2.75) is 58.2 Å². The van der Waals surface area contributed by atoms with Gasteiger partial charge in [0.05, 0.1) is 19.9 Å². The molecule has 1 aliphatic rings. The highest BCUT2D eigenvalue weighted by molar-refractivity contribution is 6.05. The fourth-order valence-corrected chi connectivity index (χ4v) is 3.28. The Balaban J connectivity index is 2.39. The van der Waals surface area contributed by atoms with Crippen LogP contribution < -0.4 is 19.7 Å². The van der Waals surface area contributed by atoms with Gasteiger partial charge in [0.25, 0.3) is 5.91 Å². The lowest BCUT2D eigenvalue weighted by molar-refractivity contribution is -0.140. The van der Waals surface area contributed by atoms with Crippen LogP contribution in [-0.4, -0.2) is 55.0 Å². The summed E-state index contributed by atoms with van der Waals surface area (Å²) >= 11 is 0. The Kier molecular flexibility index (Phi) is 6.61. The van der Waals surface area contributed by atoms with E-state index in [0.717, 1.165) is 0 Å². The smallest absolute Gasteiger partial charge is 0.408 e. The molecule has 160 valence electrons. The van der Waals surface area contributed by atoms with E-state index in [1.165, 1.54) is 19.1 Å². The Labute approximate surface area is 169 Å². The number of fused-ring (bicyclic) bond motifs is 1. The molecule has 1 aromatic rings. The Bertz CT molecular complexity index is 801. The second-order valence-corrected chi connectivity index (χ2v) is 7.67. The number of anilines is 1. The fourth-order valence-electron chi connectivity index (χ4n) is 3.28. The first-order valence-electron chi connectivity index (χ1n) is 9.33. The number of methoxy groups -OCH3 is 2. The molecule has 2 N–H and O–H groups in total. The van der Waals surface area contributed by atoms with Gasteiger partial charge in [-0.05, 0) is 39.3 Å². The molecule has 0 saturated heterocycles. The van der Waals surface area contributed by atoms with E-state index in [9.17, 15) is 19.5 Å². The second-order valence-electron chi connectivity index (χ2n) is 7.67. The highest BCUT2D eigenvalue weighted by atomic mass is 16.6. The lowest BCUT2D eigenvalue weighted by Gasteiger charge is -2.28.